The molecule has 39 heavy (non-hydrogen) atoms. The summed E-state index contributed by atoms with van der Waals surface area (Å²) in [6, 6.07) is 8.30. The predicted molar refractivity (Wildman–Crippen MR) is 155 cm³/mol. The Kier molecular flexibility index (Phi) is 10.2. The number of halogens is 4. The summed E-state index contributed by atoms with van der Waals surface area (Å²) in [6.07, 6.45) is 1.59. The molecular weight excluding hydrogens is 543 g/mol. The number of aromatic nitrogens is 1. The zero-order chi connectivity index (χ0) is 29.1. The van der Waals surface area contributed by atoms with E-state index >= 15 is 0 Å². The van der Waals surface area contributed by atoms with Crippen LogP contribution in [-0.2, 0) is 24.2 Å². The minimum Gasteiger partial charge on any atom is -0.347 e. The van der Waals surface area contributed by atoms with Crippen LogP contribution in [0, 0.1) is 6.92 Å². The van der Waals surface area contributed by atoms with Crippen LogP contribution in [0.5, 0.6) is 0 Å². The van der Waals surface area contributed by atoms with Gasteiger partial charge in [0.05, 0.1) is 17.1 Å². The van der Waals surface area contributed by atoms with Crippen LogP contribution in [0.1, 0.15) is 66.9 Å². The number of hydrogen-bond donors (Lipinski definition) is 0. The van der Waals surface area contributed by atoms with Gasteiger partial charge in [-0.1, -0.05) is 43.5 Å². The molecule has 212 valence electrons. The van der Waals surface area contributed by atoms with Gasteiger partial charge in [0.1, 0.15) is 5.78 Å². The van der Waals surface area contributed by atoms with E-state index in [0.717, 1.165) is 23.6 Å². The second-order valence-electron chi connectivity index (χ2n) is 10.4. The Balaban J connectivity index is 0.00000134. The van der Waals surface area contributed by atoms with Crippen LogP contribution in [-0.4, -0.2) is 58.8 Å². The molecule has 0 bridgehead atoms. The molecule has 1 aromatic heterocycles. The van der Waals surface area contributed by atoms with E-state index in [2.05, 4.69) is 13.8 Å². The first kappa shape index (κ1) is 31.1. The number of benzene rings is 2. The normalized spacial score (nSPS) is 14.4. The average Bonchev–Trinajstić information content (AvgIpc) is 3.17. The van der Waals surface area contributed by atoms with Gasteiger partial charge in [-0.2, -0.15) is 0 Å². The van der Waals surface area contributed by atoms with Crippen LogP contribution in [0.2, 0.25) is 10.0 Å². The third-order valence-electron chi connectivity index (χ3n) is 6.86. The molecule has 2 heterocycles. The van der Waals surface area contributed by atoms with Crippen LogP contribution < -0.4 is 0 Å². The molecule has 1 amide bonds. The standard InChI is InChI=1S/C27H29Cl2F2N3O2.C3H8/c1-16-11-18(27(3,30)31)12-24-21(16)13-19(32(24)4)14-22-23(28)6-5-20(25(22)29)26(36)34-9-7-33(8-10-34)15-17(2)35;1-3-2/h5-6,11-13H,7-10,14-15H2,1-4H3;3H2,1-2H3. The van der Waals surface area contributed by atoms with E-state index in [0.29, 0.717) is 65.8 Å². The van der Waals surface area contributed by atoms with Crippen molar-refractivity contribution in [3.63, 3.8) is 0 Å². The summed E-state index contributed by atoms with van der Waals surface area (Å²) < 4.78 is 29.9. The largest absolute Gasteiger partial charge is 0.347 e. The van der Waals surface area contributed by atoms with Gasteiger partial charge in [-0.15, -0.1) is 0 Å². The smallest absolute Gasteiger partial charge is 0.270 e. The lowest BCUT2D eigenvalue weighted by Crippen LogP contribution is -2.49. The van der Waals surface area contributed by atoms with Crippen molar-refractivity contribution in [2.45, 2.75) is 53.4 Å². The van der Waals surface area contributed by atoms with Gasteiger partial charge >= 0.3 is 0 Å². The van der Waals surface area contributed by atoms with Crippen molar-refractivity contribution in [1.82, 2.24) is 14.4 Å². The summed E-state index contributed by atoms with van der Waals surface area (Å²) in [5.41, 5.74) is 3.26. The van der Waals surface area contributed by atoms with Crippen LogP contribution in [0.15, 0.2) is 30.3 Å². The molecule has 1 fully saturated rings. The van der Waals surface area contributed by atoms with Crippen molar-refractivity contribution >= 4 is 45.8 Å². The first-order valence-corrected chi connectivity index (χ1v) is 14.0. The van der Waals surface area contributed by atoms with E-state index in [9.17, 15) is 18.4 Å². The second kappa shape index (κ2) is 12.8. The Morgan fingerprint density at radius 2 is 1.64 bits per heavy atom. The molecule has 2 aromatic carbocycles. The van der Waals surface area contributed by atoms with Crippen molar-refractivity contribution < 1.29 is 18.4 Å². The molecule has 4 rings (SSSR count). The number of aryl methyl sites for hydroxylation is 2. The van der Waals surface area contributed by atoms with Gasteiger partial charge < -0.3 is 9.47 Å². The number of hydrogen-bond acceptors (Lipinski definition) is 3. The Labute approximate surface area is 239 Å². The number of piperazine rings is 1. The monoisotopic (exact) mass is 579 g/mol. The fourth-order valence-electron chi connectivity index (χ4n) is 4.79. The highest BCUT2D eigenvalue weighted by atomic mass is 35.5. The number of alkyl halides is 2. The lowest BCUT2D eigenvalue weighted by atomic mass is 10.0. The third-order valence-corrected chi connectivity index (χ3v) is 7.64. The van der Waals surface area contributed by atoms with E-state index in [1.807, 2.05) is 29.5 Å². The number of carbonyl (C=O) groups excluding carboxylic acids is 2. The van der Waals surface area contributed by atoms with E-state index in [1.54, 1.807) is 24.0 Å². The molecule has 0 aliphatic carbocycles. The number of rotatable bonds is 6. The zero-order valence-corrected chi connectivity index (χ0v) is 25.0. The molecule has 0 unspecified atom stereocenters. The number of nitrogens with zero attached hydrogens (tertiary/aromatic N) is 3. The van der Waals surface area contributed by atoms with E-state index in [-0.39, 0.29) is 17.3 Å². The quantitative estimate of drug-likeness (QED) is 0.308. The van der Waals surface area contributed by atoms with Gasteiger partial charge in [-0.3, -0.25) is 14.5 Å². The molecule has 5 nitrogen and oxygen atoms in total. The van der Waals surface area contributed by atoms with Gasteiger partial charge in [0, 0.05) is 73.8 Å². The Morgan fingerprint density at radius 3 is 2.21 bits per heavy atom. The molecule has 9 heteroatoms. The van der Waals surface area contributed by atoms with Gasteiger partial charge in [0.15, 0.2) is 0 Å². The van der Waals surface area contributed by atoms with Crippen molar-refractivity contribution in [1.29, 1.82) is 0 Å². The Morgan fingerprint density at radius 1 is 1.03 bits per heavy atom. The number of amides is 1. The first-order valence-electron chi connectivity index (χ1n) is 13.2. The van der Waals surface area contributed by atoms with Gasteiger partial charge in [-0.05, 0) is 55.3 Å². The Bertz CT molecular complexity index is 1360. The fourth-order valence-corrected chi connectivity index (χ4v) is 5.37. The fraction of sp³-hybridized carbons (Fsp3) is 0.467. The van der Waals surface area contributed by atoms with E-state index < -0.39 is 5.92 Å². The Hall–Kier alpha value is -2.48. The predicted octanol–water partition coefficient (Wildman–Crippen LogP) is 7.26. The third kappa shape index (κ3) is 7.19. The summed E-state index contributed by atoms with van der Waals surface area (Å²) in [7, 11) is 1.83. The van der Waals surface area contributed by atoms with Crippen molar-refractivity contribution in [3.05, 3.63) is 68.3 Å². The molecule has 0 saturated carbocycles. The summed E-state index contributed by atoms with van der Waals surface area (Å²) in [5.74, 6) is -3.02. The molecule has 1 aliphatic rings. The van der Waals surface area contributed by atoms with Gasteiger partial charge in [-0.25, -0.2) is 8.78 Å². The number of Topliss-reactive ketones (excluding diaryl/α,β-unsaturated/α-hetero) is 1. The van der Waals surface area contributed by atoms with Crippen LogP contribution in [0.3, 0.4) is 0 Å². The molecule has 0 spiro atoms. The summed E-state index contributed by atoms with van der Waals surface area (Å²) in [4.78, 5) is 28.4. The van der Waals surface area contributed by atoms with Gasteiger partial charge in [0.25, 0.3) is 11.8 Å². The highest BCUT2D eigenvalue weighted by Gasteiger charge is 2.27. The van der Waals surface area contributed by atoms with Crippen LogP contribution >= 0.6 is 23.2 Å². The zero-order valence-electron chi connectivity index (χ0n) is 23.5. The maximum absolute atomic E-state index is 14.0. The van der Waals surface area contributed by atoms with Crippen LogP contribution in [0.25, 0.3) is 10.9 Å². The van der Waals surface area contributed by atoms with Gasteiger partial charge in [0.2, 0.25) is 0 Å². The minimum atomic E-state index is -2.94. The first-order chi connectivity index (χ1) is 18.3. The number of ketones is 1. The minimum absolute atomic E-state index is 0.0349. The molecule has 0 atom stereocenters. The maximum Gasteiger partial charge on any atom is 0.270 e. The molecular formula is C30H37Cl2F2N3O2. The van der Waals surface area contributed by atoms with E-state index in [1.165, 1.54) is 18.6 Å². The lowest BCUT2D eigenvalue weighted by Gasteiger charge is -2.34. The maximum atomic E-state index is 14.0. The van der Waals surface area contributed by atoms with Crippen molar-refractivity contribution in [2.75, 3.05) is 32.7 Å². The number of carbonyl (C=O) groups is 2. The highest BCUT2D eigenvalue weighted by molar-refractivity contribution is 6.38. The highest BCUT2D eigenvalue weighted by Crippen LogP contribution is 2.35. The van der Waals surface area contributed by atoms with E-state index in [4.69, 9.17) is 23.2 Å². The molecule has 3 aromatic rings. The molecule has 0 radical (unpaired) electrons. The summed E-state index contributed by atoms with van der Waals surface area (Å²) in [6.45, 7) is 11.2. The van der Waals surface area contributed by atoms with Crippen molar-refractivity contribution in [2.24, 2.45) is 7.05 Å². The summed E-state index contributed by atoms with van der Waals surface area (Å²) in [5, 5.41) is 1.61. The topological polar surface area (TPSA) is 45.6 Å². The molecule has 0 N–H and O–H groups in total. The number of fused-ring (bicyclic) bond motifs is 1. The SMILES string of the molecule is CC(=O)CN1CCN(C(=O)c2ccc(Cl)c(Cc3cc4c(C)cc(C(C)(F)F)cc4n3C)c2Cl)CC1.CCC. The second-order valence-corrected chi connectivity index (χ2v) is 11.1. The van der Waals surface area contributed by atoms with Crippen molar-refractivity contribution in [3.8, 4) is 0 Å². The molecule has 1 saturated heterocycles. The molecule has 1 aliphatic heterocycles. The summed E-state index contributed by atoms with van der Waals surface area (Å²) >= 11 is 13.3. The van der Waals surface area contributed by atoms with Crippen LogP contribution in [0.4, 0.5) is 8.78 Å². The average molecular weight is 581 g/mol. The lowest BCUT2D eigenvalue weighted by molar-refractivity contribution is -0.118.